The van der Waals surface area contributed by atoms with Gasteiger partial charge in [0.1, 0.15) is 17.4 Å². The molecule has 1 aliphatic heterocycles. The molecule has 0 unspecified atom stereocenters. The summed E-state index contributed by atoms with van der Waals surface area (Å²) >= 11 is 0. The van der Waals surface area contributed by atoms with Gasteiger partial charge in [0.25, 0.3) is 0 Å². The van der Waals surface area contributed by atoms with E-state index in [0.717, 1.165) is 24.8 Å². The fraction of sp³-hybridized carbons (Fsp3) is 0.556. The fourth-order valence-electron chi connectivity index (χ4n) is 4.36. The van der Waals surface area contributed by atoms with Gasteiger partial charge >= 0.3 is 0 Å². The summed E-state index contributed by atoms with van der Waals surface area (Å²) < 4.78 is 14.4. The lowest BCUT2D eigenvalue weighted by Gasteiger charge is -2.34. The number of rotatable bonds is 10. The molecule has 0 spiro atoms. The predicted molar refractivity (Wildman–Crippen MR) is 137 cm³/mol. The Balaban J connectivity index is 1.70. The second-order valence-electron chi connectivity index (χ2n) is 10.1. The third-order valence-corrected chi connectivity index (χ3v) is 6.76. The minimum Gasteiger partial charge on any atom is -0.345 e. The molecule has 3 N–H and O–H groups in total. The highest BCUT2D eigenvalue weighted by molar-refractivity contribution is 5.90. The number of amides is 2. The molecule has 8 nitrogen and oxygen atoms in total. The number of nitrogens with one attached hydrogen (secondary N) is 3. The quantitative estimate of drug-likeness (QED) is 0.462. The topological polar surface area (TPSA) is 107 Å². The maximum Gasteiger partial charge on any atom is 0.238 e. The van der Waals surface area contributed by atoms with Gasteiger partial charge in [-0.1, -0.05) is 19.9 Å². The first-order valence-corrected chi connectivity index (χ1v) is 12.7. The Morgan fingerprint density at radius 3 is 2.64 bits per heavy atom. The Hall–Kier alpha value is -3.07. The number of carbonyl (C=O) groups excluding carboxylic acids is 3. The molecule has 196 valence electrons. The summed E-state index contributed by atoms with van der Waals surface area (Å²) in [5, 5.41) is 5.88. The summed E-state index contributed by atoms with van der Waals surface area (Å²) in [5.74, 6) is -0.596. The van der Waals surface area contributed by atoms with E-state index in [2.05, 4.69) is 20.6 Å². The molecule has 1 fully saturated rings. The van der Waals surface area contributed by atoms with Gasteiger partial charge in [-0.3, -0.25) is 19.7 Å². The van der Waals surface area contributed by atoms with Crippen molar-refractivity contribution in [1.82, 2.24) is 25.5 Å². The van der Waals surface area contributed by atoms with Crippen molar-refractivity contribution in [2.24, 2.45) is 5.92 Å². The van der Waals surface area contributed by atoms with Gasteiger partial charge in [0.05, 0.1) is 36.9 Å². The molecule has 9 heteroatoms. The number of hydrogen-bond donors (Lipinski definition) is 3. The van der Waals surface area contributed by atoms with Crippen molar-refractivity contribution in [1.29, 1.82) is 0 Å². The number of piperidine rings is 1. The van der Waals surface area contributed by atoms with E-state index in [1.54, 1.807) is 26.8 Å². The second-order valence-corrected chi connectivity index (χ2v) is 10.1. The van der Waals surface area contributed by atoms with Crippen LogP contribution in [0, 0.1) is 18.7 Å². The van der Waals surface area contributed by atoms with Crippen LogP contribution in [0.25, 0.3) is 11.3 Å². The summed E-state index contributed by atoms with van der Waals surface area (Å²) in [4.78, 5) is 47.7. The smallest absolute Gasteiger partial charge is 0.238 e. The molecule has 3 atom stereocenters. The van der Waals surface area contributed by atoms with Crippen LogP contribution in [0.1, 0.15) is 70.8 Å². The number of nitrogens with zero attached hydrogens (tertiary/aromatic N) is 2. The lowest BCUT2D eigenvalue weighted by atomic mass is 10.0. The number of ketones is 1. The van der Waals surface area contributed by atoms with Crippen LogP contribution in [0.4, 0.5) is 4.39 Å². The normalized spacial score (nSPS) is 17.6. The minimum atomic E-state index is -0.860. The molecule has 2 amide bonds. The van der Waals surface area contributed by atoms with Crippen LogP contribution in [-0.4, -0.2) is 57.6 Å². The first-order valence-electron chi connectivity index (χ1n) is 12.7. The summed E-state index contributed by atoms with van der Waals surface area (Å²) in [6.45, 7) is 9.89. The number of aryl methyl sites for hydroxylation is 1. The predicted octanol–water partition coefficient (Wildman–Crippen LogP) is 3.68. The first kappa shape index (κ1) is 27.5. The number of imidazole rings is 1. The first-order chi connectivity index (χ1) is 17.1. The molecule has 0 saturated carbocycles. The zero-order valence-corrected chi connectivity index (χ0v) is 21.9. The van der Waals surface area contributed by atoms with Gasteiger partial charge in [0.2, 0.25) is 11.8 Å². The van der Waals surface area contributed by atoms with Gasteiger partial charge in [-0.25, -0.2) is 9.37 Å². The average Bonchev–Trinajstić information content (AvgIpc) is 3.31. The van der Waals surface area contributed by atoms with E-state index in [4.69, 9.17) is 0 Å². The number of benzene rings is 1. The third kappa shape index (κ3) is 7.00. The second kappa shape index (κ2) is 12.3. The average molecular weight is 500 g/mol. The third-order valence-electron chi connectivity index (χ3n) is 6.76. The van der Waals surface area contributed by atoms with E-state index in [1.165, 1.54) is 12.3 Å². The van der Waals surface area contributed by atoms with E-state index in [1.807, 2.05) is 24.8 Å². The van der Waals surface area contributed by atoms with Crippen LogP contribution in [0.15, 0.2) is 24.4 Å². The van der Waals surface area contributed by atoms with Crippen molar-refractivity contribution in [2.75, 3.05) is 13.1 Å². The van der Waals surface area contributed by atoms with Crippen molar-refractivity contribution in [3.63, 3.8) is 0 Å². The van der Waals surface area contributed by atoms with Gasteiger partial charge < -0.3 is 15.2 Å². The van der Waals surface area contributed by atoms with E-state index in [9.17, 15) is 18.8 Å². The summed E-state index contributed by atoms with van der Waals surface area (Å²) in [5.41, 5.74) is 1.72. The number of halogens is 1. The molecule has 3 rings (SSSR count). The Morgan fingerprint density at radius 2 is 1.97 bits per heavy atom. The molecular formula is C27H38FN5O3. The summed E-state index contributed by atoms with van der Waals surface area (Å²) in [6.07, 6.45) is 4.48. The number of Topliss-reactive ketones (excluding diaryl/α,β-unsaturated/α-hetero) is 1. The maximum atomic E-state index is 14.4. The molecule has 0 radical (unpaired) electrons. The van der Waals surface area contributed by atoms with Crippen LogP contribution in [0.5, 0.6) is 0 Å². The molecule has 1 aromatic heterocycles. The van der Waals surface area contributed by atoms with Crippen molar-refractivity contribution in [3.8, 4) is 11.3 Å². The summed E-state index contributed by atoms with van der Waals surface area (Å²) in [6, 6.07) is 3.71. The Labute approximate surface area is 212 Å². The molecule has 0 bridgehead atoms. The molecule has 1 saturated heterocycles. The maximum absolute atomic E-state index is 14.4. The Bertz CT molecular complexity index is 1080. The number of carbonyl (C=O) groups is 3. The van der Waals surface area contributed by atoms with Crippen LogP contribution in [0.3, 0.4) is 0 Å². The number of H-pyrrole nitrogens is 1. The molecule has 2 heterocycles. The van der Waals surface area contributed by atoms with Gasteiger partial charge in [-0.05, 0) is 57.7 Å². The van der Waals surface area contributed by atoms with Crippen LogP contribution >= 0.6 is 0 Å². The Morgan fingerprint density at radius 1 is 1.22 bits per heavy atom. The lowest BCUT2D eigenvalue weighted by molar-refractivity contribution is -0.138. The number of likely N-dealkylation sites (tertiary alicyclic amines) is 1. The minimum absolute atomic E-state index is 0.00453. The van der Waals surface area contributed by atoms with Gasteiger partial charge in [0.15, 0.2) is 0 Å². The van der Waals surface area contributed by atoms with E-state index >= 15 is 0 Å². The lowest BCUT2D eigenvalue weighted by Crippen LogP contribution is -2.51. The molecule has 2 aromatic rings. The van der Waals surface area contributed by atoms with Crippen molar-refractivity contribution in [3.05, 3.63) is 41.6 Å². The molecule has 0 aliphatic carbocycles. The van der Waals surface area contributed by atoms with Gasteiger partial charge in [-0.2, -0.15) is 0 Å². The highest BCUT2D eigenvalue weighted by Crippen LogP contribution is 2.23. The number of hydrogen-bond acceptors (Lipinski definition) is 5. The zero-order chi connectivity index (χ0) is 26.4. The largest absolute Gasteiger partial charge is 0.345 e. The van der Waals surface area contributed by atoms with Crippen molar-refractivity contribution < 1.29 is 18.8 Å². The zero-order valence-electron chi connectivity index (χ0n) is 21.9. The Kier molecular flexibility index (Phi) is 9.37. The highest BCUT2D eigenvalue weighted by Gasteiger charge is 2.30. The van der Waals surface area contributed by atoms with Gasteiger partial charge in [0, 0.05) is 24.1 Å². The molecule has 1 aromatic carbocycles. The monoisotopic (exact) mass is 499 g/mol. The van der Waals surface area contributed by atoms with Crippen molar-refractivity contribution >= 4 is 17.6 Å². The standard InChI is InChI=1S/C27H38FN5O3/c1-16(2)24(34)15-29-22(13-25(35)33-11-7-6-8-18(33)4)27(36)31-19(5)26-30-14-23(32-26)20-10-9-17(3)12-21(20)28/h9-10,12,14,16,18-19,22,29H,6-8,11,13,15H2,1-5H3,(H,30,32)(H,31,36)/t18-,19-,22-/m0/s1. The SMILES string of the molecule is Cc1ccc(-c2cnc([C@H](C)NC(=O)[C@H](CC(=O)N3CCCC[C@@H]3C)NCC(=O)C(C)C)[nH]2)c(F)c1. The van der Waals surface area contributed by atoms with Crippen molar-refractivity contribution in [2.45, 2.75) is 78.4 Å². The summed E-state index contributed by atoms with van der Waals surface area (Å²) in [7, 11) is 0. The molecule has 36 heavy (non-hydrogen) atoms. The van der Waals surface area contributed by atoms with Gasteiger partial charge in [-0.15, -0.1) is 0 Å². The van der Waals surface area contributed by atoms with Crippen LogP contribution in [0.2, 0.25) is 0 Å². The van der Waals surface area contributed by atoms with E-state index in [-0.39, 0.29) is 42.4 Å². The number of aromatic amines is 1. The fourth-order valence-corrected chi connectivity index (χ4v) is 4.36. The highest BCUT2D eigenvalue weighted by atomic mass is 19.1. The van der Waals surface area contributed by atoms with Crippen LogP contribution in [-0.2, 0) is 14.4 Å². The number of aromatic nitrogens is 2. The van der Waals surface area contributed by atoms with E-state index in [0.29, 0.717) is 23.6 Å². The van der Waals surface area contributed by atoms with Crippen LogP contribution < -0.4 is 10.6 Å². The molecule has 1 aliphatic rings. The molecular weight excluding hydrogens is 461 g/mol. The van der Waals surface area contributed by atoms with E-state index < -0.39 is 18.0 Å².